The molecule has 0 bridgehead atoms. The monoisotopic (exact) mass is 322 g/mol. The van der Waals surface area contributed by atoms with Gasteiger partial charge in [0.2, 0.25) is 0 Å². The summed E-state index contributed by atoms with van der Waals surface area (Å²) in [6, 6.07) is 12.6. The lowest BCUT2D eigenvalue weighted by molar-refractivity contribution is 0.202. The maximum absolute atomic E-state index is 5.78. The van der Waals surface area contributed by atoms with Crippen LogP contribution in [0.4, 0.5) is 0 Å². The first-order valence-electron chi connectivity index (χ1n) is 6.55. The number of methoxy groups -OCH3 is 1. The van der Waals surface area contributed by atoms with Gasteiger partial charge in [-0.2, -0.15) is 0 Å². The Hall–Kier alpha value is -1.06. The molecule has 3 heteroatoms. The minimum absolute atomic E-state index is 0.115. The highest BCUT2D eigenvalue weighted by Crippen LogP contribution is 2.32. The Kier molecular flexibility index (Phi) is 5.23. The highest BCUT2D eigenvalue weighted by Gasteiger charge is 2.14. The van der Waals surface area contributed by atoms with E-state index in [0.29, 0.717) is 0 Å². The third kappa shape index (κ3) is 3.71. The van der Waals surface area contributed by atoms with Gasteiger partial charge >= 0.3 is 0 Å². The largest absolute Gasteiger partial charge is 0.465 e. The van der Waals surface area contributed by atoms with E-state index in [4.69, 9.17) is 9.15 Å². The van der Waals surface area contributed by atoms with Crippen molar-refractivity contribution in [1.82, 2.24) is 0 Å². The summed E-state index contributed by atoms with van der Waals surface area (Å²) < 4.78 is 10.9. The van der Waals surface area contributed by atoms with Crippen molar-refractivity contribution in [3.63, 3.8) is 0 Å². The average molecular weight is 323 g/mol. The standard InChI is InChI=1S/C16H19BrO2/c1-3-14-8-9-15(19-14)16(17)13-6-4-12(5-7-13)10-11-18-2/h4-9,16H,3,10-11H2,1-2H3. The minimum atomic E-state index is 0.115. The van der Waals surface area contributed by atoms with Gasteiger partial charge in [0, 0.05) is 13.5 Å². The SMILES string of the molecule is CCc1ccc(C(Br)c2ccc(CCOC)cc2)o1. The Bertz CT molecular complexity index is 502. The van der Waals surface area contributed by atoms with Crippen molar-refractivity contribution in [2.24, 2.45) is 0 Å². The third-order valence-corrected chi connectivity index (χ3v) is 4.13. The third-order valence-electron chi connectivity index (χ3n) is 3.15. The van der Waals surface area contributed by atoms with Crippen molar-refractivity contribution in [2.45, 2.75) is 24.6 Å². The summed E-state index contributed by atoms with van der Waals surface area (Å²) in [5.41, 5.74) is 2.50. The molecule has 0 N–H and O–H groups in total. The Balaban J connectivity index is 2.08. The van der Waals surface area contributed by atoms with Crippen LogP contribution in [0, 0.1) is 0 Å². The first-order valence-corrected chi connectivity index (χ1v) is 7.46. The van der Waals surface area contributed by atoms with Gasteiger partial charge in [-0.05, 0) is 29.7 Å². The molecule has 1 unspecified atom stereocenters. The van der Waals surface area contributed by atoms with Gasteiger partial charge in [-0.25, -0.2) is 0 Å². The van der Waals surface area contributed by atoms with E-state index in [-0.39, 0.29) is 4.83 Å². The first kappa shape index (κ1) is 14.4. The van der Waals surface area contributed by atoms with E-state index in [1.54, 1.807) is 7.11 Å². The van der Waals surface area contributed by atoms with E-state index in [0.717, 1.165) is 31.0 Å². The van der Waals surface area contributed by atoms with Gasteiger partial charge in [-0.15, -0.1) is 0 Å². The summed E-state index contributed by atoms with van der Waals surface area (Å²) in [5.74, 6) is 1.98. The number of halogens is 1. The molecule has 102 valence electrons. The Labute approximate surface area is 122 Å². The van der Waals surface area contributed by atoms with Crippen molar-refractivity contribution in [2.75, 3.05) is 13.7 Å². The number of rotatable bonds is 6. The molecule has 0 radical (unpaired) electrons. The van der Waals surface area contributed by atoms with E-state index in [1.807, 2.05) is 12.1 Å². The molecule has 1 aromatic heterocycles. The highest BCUT2D eigenvalue weighted by atomic mass is 79.9. The van der Waals surface area contributed by atoms with Crippen LogP contribution >= 0.6 is 15.9 Å². The second-order valence-corrected chi connectivity index (χ2v) is 5.42. The summed E-state index contributed by atoms with van der Waals surface area (Å²) in [7, 11) is 1.73. The molecular weight excluding hydrogens is 304 g/mol. The predicted molar refractivity (Wildman–Crippen MR) is 80.9 cm³/mol. The fraction of sp³-hybridized carbons (Fsp3) is 0.375. The van der Waals surface area contributed by atoms with E-state index in [1.165, 1.54) is 11.1 Å². The molecule has 0 aliphatic rings. The second-order valence-electron chi connectivity index (χ2n) is 4.50. The molecule has 0 saturated carbocycles. The van der Waals surface area contributed by atoms with E-state index >= 15 is 0 Å². The van der Waals surface area contributed by atoms with Crippen LogP contribution in [0.2, 0.25) is 0 Å². The van der Waals surface area contributed by atoms with Gasteiger partial charge in [0.05, 0.1) is 11.4 Å². The van der Waals surface area contributed by atoms with Crippen LogP contribution < -0.4 is 0 Å². The minimum Gasteiger partial charge on any atom is -0.465 e. The number of ether oxygens (including phenoxy) is 1. The summed E-state index contributed by atoms with van der Waals surface area (Å²) in [5, 5.41) is 0. The number of aryl methyl sites for hydroxylation is 1. The summed E-state index contributed by atoms with van der Waals surface area (Å²) >= 11 is 3.70. The molecule has 2 aromatic rings. The van der Waals surface area contributed by atoms with E-state index < -0.39 is 0 Å². The predicted octanol–water partition coefficient (Wildman–Crippen LogP) is 4.52. The maximum atomic E-state index is 5.78. The van der Waals surface area contributed by atoms with Crippen molar-refractivity contribution < 1.29 is 9.15 Å². The van der Waals surface area contributed by atoms with Gasteiger partial charge < -0.3 is 9.15 Å². The molecule has 0 saturated heterocycles. The topological polar surface area (TPSA) is 22.4 Å². The number of hydrogen-bond donors (Lipinski definition) is 0. The van der Waals surface area contributed by atoms with E-state index in [2.05, 4.69) is 47.1 Å². The molecule has 2 nitrogen and oxygen atoms in total. The zero-order chi connectivity index (χ0) is 13.7. The van der Waals surface area contributed by atoms with Gasteiger partial charge in [-0.1, -0.05) is 47.1 Å². The zero-order valence-corrected chi connectivity index (χ0v) is 12.9. The van der Waals surface area contributed by atoms with Crippen LogP contribution in [-0.2, 0) is 17.6 Å². The quantitative estimate of drug-likeness (QED) is 0.730. The molecule has 1 atom stereocenters. The lowest BCUT2D eigenvalue weighted by Crippen LogP contribution is -1.96. The van der Waals surface area contributed by atoms with Gasteiger partial charge in [-0.3, -0.25) is 0 Å². The van der Waals surface area contributed by atoms with Crippen LogP contribution in [0.15, 0.2) is 40.8 Å². The van der Waals surface area contributed by atoms with Crippen LogP contribution in [0.1, 0.15) is 34.4 Å². The molecule has 0 aliphatic carbocycles. The first-order chi connectivity index (χ1) is 9.24. The molecule has 0 spiro atoms. The van der Waals surface area contributed by atoms with Crippen molar-refractivity contribution in [1.29, 1.82) is 0 Å². The lowest BCUT2D eigenvalue weighted by Gasteiger charge is -2.08. The molecule has 19 heavy (non-hydrogen) atoms. The van der Waals surface area contributed by atoms with Crippen LogP contribution in [-0.4, -0.2) is 13.7 Å². The smallest absolute Gasteiger partial charge is 0.122 e. The normalized spacial score (nSPS) is 12.6. The molecule has 1 heterocycles. The molecule has 0 amide bonds. The van der Waals surface area contributed by atoms with Crippen molar-refractivity contribution >= 4 is 15.9 Å². The Morgan fingerprint density at radius 2 is 1.89 bits per heavy atom. The summed E-state index contributed by atoms with van der Waals surface area (Å²) in [6.07, 6.45) is 1.88. The summed E-state index contributed by atoms with van der Waals surface area (Å²) in [6.45, 7) is 2.85. The zero-order valence-electron chi connectivity index (χ0n) is 11.4. The van der Waals surface area contributed by atoms with Crippen molar-refractivity contribution in [3.05, 3.63) is 59.0 Å². The van der Waals surface area contributed by atoms with Crippen LogP contribution in [0.25, 0.3) is 0 Å². The Morgan fingerprint density at radius 3 is 2.47 bits per heavy atom. The number of hydrogen-bond acceptors (Lipinski definition) is 2. The molecule has 1 aromatic carbocycles. The van der Waals surface area contributed by atoms with Gasteiger partial charge in [0.25, 0.3) is 0 Å². The Morgan fingerprint density at radius 1 is 1.16 bits per heavy atom. The van der Waals surface area contributed by atoms with Crippen LogP contribution in [0.5, 0.6) is 0 Å². The average Bonchev–Trinajstić information content (AvgIpc) is 2.94. The number of benzene rings is 1. The fourth-order valence-corrected chi connectivity index (χ4v) is 2.51. The van der Waals surface area contributed by atoms with Crippen LogP contribution in [0.3, 0.4) is 0 Å². The lowest BCUT2D eigenvalue weighted by atomic mass is 10.1. The number of alkyl halides is 1. The van der Waals surface area contributed by atoms with Gasteiger partial charge in [0.1, 0.15) is 11.5 Å². The maximum Gasteiger partial charge on any atom is 0.122 e. The highest BCUT2D eigenvalue weighted by molar-refractivity contribution is 9.09. The second kappa shape index (κ2) is 6.92. The van der Waals surface area contributed by atoms with E-state index in [9.17, 15) is 0 Å². The molecular formula is C16H19BrO2. The van der Waals surface area contributed by atoms with Gasteiger partial charge in [0.15, 0.2) is 0 Å². The van der Waals surface area contributed by atoms with Crippen molar-refractivity contribution in [3.8, 4) is 0 Å². The summed E-state index contributed by atoms with van der Waals surface area (Å²) in [4.78, 5) is 0.115. The molecule has 2 rings (SSSR count). The fourth-order valence-electron chi connectivity index (χ4n) is 1.96. The molecule has 0 fully saturated rings. The molecule has 0 aliphatic heterocycles. The number of furan rings is 1.